The summed E-state index contributed by atoms with van der Waals surface area (Å²) in [6, 6.07) is 11.4. The van der Waals surface area contributed by atoms with Crippen LogP contribution < -0.4 is 10.6 Å². The number of aryl methyl sites for hydroxylation is 1. The maximum absolute atomic E-state index is 13.1. The van der Waals surface area contributed by atoms with Gasteiger partial charge in [-0.25, -0.2) is 8.42 Å². The van der Waals surface area contributed by atoms with Crippen LogP contribution in [0.25, 0.3) is 0 Å². The SMILES string of the molecule is Cc1cccc(NC(=O)C(=O)NCC[C@H]2CCCCN2S(=O)(=O)c2ccc(Cl)cc2)c1C. The van der Waals surface area contributed by atoms with E-state index in [1.54, 1.807) is 18.2 Å². The quantitative estimate of drug-likeness (QED) is 0.621. The average Bonchev–Trinajstić information content (AvgIpc) is 2.77. The largest absolute Gasteiger partial charge is 0.348 e. The molecule has 0 unspecified atom stereocenters. The summed E-state index contributed by atoms with van der Waals surface area (Å²) in [6.45, 7) is 4.44. The Balaban J connectivity index is 1.58. The van der Waals surface area contributed by atoms with Crippen LogP contribution in [-0.4, -0.2) is 43.7 Å². The predicted octanol–water partition coefficient (Wildman–Crippen LogP) is 3.65. The van der Waals surface area contributed by atoms with Crippen molar-refractivity contribution in [1.29, 1.82) is 0 Å². The van der Waals surface area contributed by atoms with Crippen LogP contribution in [0.2, 0.25) is 5.02 Å². The second-order valence-corrected chi connectivity index (χ2v) is 10.3. The number of rotatable bonds is 6. The first-order chi connectivity index (χ1) is 15.2. The van der Waals surface area contributed by atoms with Gasteiger partial charge in [-0.1, -0.05) is 30.2 Å². The molecule has 2 aromatic carbocycles. The van der Waals surface area contributed by atoms with Crippen molar-refractivity contribution in [3.8, 4) is 0 Å². The number of carbonyl (C=O) groups excluding carboxylic acids is 2. The van der Waals surface area contributed by atoms with Gasteiger partial charge in [0.15, 0.2) is 0 Å². The lowest BCUT2D eigenvalue weighted by atomic mass is 10.0. The van der Waals surface area contributed by atoms with Crippen LogP contribution in [0.1, 0.15) is 36.8 Å². The molecule has 3 rings (SSSR count). The van der Waals surface area contributed by atoms with Crippen LogP contribution in [0.5, 0.6) is 0 Å². The van der Waals surface area contributed by atoms with E-state index in [4.69, 9.17) is 11.6 Å². The first-order valence-electron chi connectivity index (χ1n) is 10.6. The molecule has 2 aromatic rings. The van der Waals surface area contributed by atoms with E-state index in [0.717, 1.165) is 24.0 Å². The van der Waals surface area contributed by atoms with Gasteiger partial charge in [-0.3, -0.25) is 9.59 Å². The van der Waals surface area contributed by atoms with E-state index in [-0.39, 0.29) is 17.5 Å². The predicted molar refractivity (Wildman–Crippen MR) is 125 cm³/mol. The Morgan fingerprint density at radius 1 is 1.06 bits per heavy atom. The molecule has 1 atom stereocenters. The third-order valence-electron chi connectivity index (χ3n) is 5.82. The van der Waals surface area contributed by atoms with E-state index in [1.165, 1.54) is 16.4 Å². The fourth-order valence-electron chi connectivity index (χ4n) is 3.82. The molecule has 2 amide bonds. The minimum Gasteiger partial charge on any atom is -0.348 e. The Kier molecular flexibility index (Phi) is 7.92. The van der Waals surface area contributed by atoms with E-state index in [2.05, 4.69) is 10.6 Å². The maximum atomic E-state index is 13.1. The number of sulfonamides is 1. The fraction of sp³-hybridized carbons (Fsp3) is 0.391. The highest BCUT2D eigenvalue weighted by Gasteiger charge is 2.33. The van der Waals surface area contributed by atoms with Crippen LogP contribution in [0.3, 0.4) is 0 Å². The minimum absolute atomic E-state index is 0.200. The van der Waals surface area contributed by atoms with Gasteiger partial charge in [0.05, 0.1) is 4.90 Å². The van der Waals surface area contributed by atoms with Crippen LogP contribution >= 0.6 is 11.6 Å². The average molecular weight is 478 g/mol. The van der Waals surface area contributed by atoms with Gasteiger partial charge in [0.1, 0.15) is 0 Å². The zero-order valence-corrected chi connectivity index (χ0v) is 19.8. The molecule has 2 N–H and O–H groups in total. The molecule has 172 valence electrons. The topological polar surface area (TPSA) is 95.6 Å². The van der Waals surface area contributed by atoms with E-state index in [9.17, 15) is 18.0 Å². The summed E-state index contributed by atoms with van der Waals surface area (Å²) in [7, 11) is -3.66. The van der Waals surface area contributed by atoms with Crippen LogP contribution in [0, 0.1) is 13.8 Å². The molecule has 0 saturated carbocycles. The molecule has 32 heavy (non-hydrogen) atoms. The van der Waals surface area contributed by atoms with E-state index < -0.39 is 21.8 Å². The fourth-order valence-corrected chi connectivity index (χ4v) is 5.67. The van der Waals surface area contributed by atoms with Crippen molar-refractivity contribution in [2.24, 2.45) is 0 Å². The van der Waals surface area contributed by atoms with Gasteiger partial charge in [-0.2, -0.15) is 4.31 Å². The molecule has 1 heterocycles. The van der Waals surface area contributed by atoms with Gasteiger partial charge in [0, 0.05) is 29.8 Å². The number of anilines is 1. The number of nitrogens with one attached hydrogen (secondary N) is 2. The van der Waals surface area contributed by atoms with E-state index >= 15 is 0 Å². The summed E-state index contributed by atoms with van der Waals surface area (Å²) >= 11 is 5.89. The zero-order valence-electron chi connectivity index (χ0n) is 18.2. The van der Waals surface area contributed by atoms with Gasteiger partial charge in [-0.15, -0.1) is 0 Å². The Bertz CT molecular complexity index is 1090. The standard InChI is InChI=1S/C23H28ClN3O4S/c1-16-6-5-8-21(17(16)2)26-23(29)22(28)25-14-13-19-7-3-4-15-27(19)32(30,31)20-11-9-18(24)10-12-20/h5-6,8-12,19H,3-4,7,13-15H2,1-2H3,(H,25,28)(H,26,29)/t19-/m1/s1. The Morgan fingerprint density at radius 3 is 2.50 bits per heavy atom. The van der Waals surface area contributed by atoms with Gasteiger partial charge in [-0.05, 0) is 74.6 Å². The van der Waals surface area contributed by atoms with Crippen molar-refractivity contribution in [2.75, 3.05) is 18.4 Å². The third-order valence-corrected chi connectivity index (χ3v) is 8.03. The van der Waals surface area contributed by atoms with Crippen molar-refractivity contribution in [2.45, 2.75) is 50.5 Å². The van der Waals surface area contributed by atoms with Gasteiger partial charge >= 0.3 is 11.8 Å². The van der Waals surface area contributed by atoms with Crippen molar-refractivity contribution >= 4 is 39.1 Å². The lowest BCUT2D eigenvalue weighted by Gasteiger charge is -2.34. The number of hydrogen-bond acceptors (Lipinski definition) is 4. The van der Waals surface area contributed by atoms with E-state index in [1.807, 2.05) is 26.0 Å². The lowest BCUT2D eigenvalue weighted by Crippen LogP contribution is -2.45. The highest BCUT2D eigenvalue weighted by atomic mass is 35.5. The number of amides is 2. The van der Waals surface area contributed by atoms with Crippen LogP contribution in [-0.2, 0) is 19.6 Å². The van der Waals surface area contributed by atoms with E-state index in [0.29, 0.717) is 30.1 Å². The number of nitrogens with zero attached hydrogens (tertiary/aromatic N) is 1. The number of hydrogen-bond donors (Lipinski definition) is 2. The highest BCUT2D eigenvalue weighted by molar-refractivity contribution is 7.89. The second-order valence-electron chi connectivity index (χ2n) is 7.97. The Morgan fingerprint density at radius 2 is 1.78 bits per heavy atom. The summed E-state index contributed by atoms with van der Waals surface area (Å²) in [6.07, 6.45) is 2.83. The summed E-state index contributed by atoms with van der Waals surface area (Å²) in [5.41, 5.74) is 2.51. The number of benzene rings is 2. The van der Waals surface area contributed by atoms with Gasteiger partial charge < -0.3 is 10.6 Å². The molecular weight excluding hydrogens is 450 g/mol. The minimum atomic E-state index is -3.66. The van der Waals surface area contributed by atoms with Crippen LogP contribution in [0.15, 0.2) is 47.4 Å². The number of piperidine rings is 1. The highest BCUT2D eigenvalue weighted by Crippen LogP contribution is 2.27. The normalized spacial score (nSPS) is 17.0. The molecule has 1 fully saturated rings. The molecule has 0 spiro atoms. The second kappa shape index (κ2) is 10.5. The smallest absolute Gasteiger partial charge is 0.313 e. The summed E-state index contributed by atoms with van der Waals surface area (Å²) in [5, 5.41) is 5.72. The molecule has 0 aromatic heterocycles. The number of carbonyl (C=O) groups is 2. The Hall–Kier alpha value is -2.42. The van der Waals surface area contributed by atoms with Gasteiger partial charge in [0.2, 0.25) is 10.0 Å². The van der Waals surface area contributed by atoms with Gasteiger partial charge in [0.25, 0.3) is 0 Å². The summed E-state index contributed by atoms with van der Waals surface area (Å²) in [4.78, 5) is 24.7. The molecule has 0 bridgehead atoms. The molecule has 7 nitrogen and oxygen atoms in total. The first-order valence-corrected chi connectivity index (χ1v) is 12.4. The van der Waals surface area contributed by atoms with Crippen molar-refractivity contribution in [3.05, 3.63) is 58.6 Å². The molecule has 9 heteroatoms. The molecule has 1 aliphatic rings. The van der Waals surface area contributed by atoms with Crippen molar-refractivity contribution in [3.63, 3.8) is 0 Å². The lowest BCUT2D eigenvalue weighted by molar-refractivity contribution is -0.136. The molecular formula is C23H28ClN3O4S. The zero-order chi connectivity index (χ0) is 23.3. The number of halogens is 1. The van der Waals surface area contributed by atoms with Crippen LogP contribution in [0.4, 0.5) is 5.69 Å². The maximum Gasteiger partial charge on any atom is 0.313 e. The first kappa shape index (κ1) is 24.2. The molecule has 0 aliphatic carbocycles. The Labute approximate surface area is 194 Å². The van der Waals surface area contributed by atoms with Crippen molar-refractivity contribution < 1.29 is 18.0 Å². The monoisotopic (exact) mass is 477 g/mol. The molecule has 1 saturated heterocycles. The van der Waals surface area contributed by atoms with Crippen molar-refractivity contribution in [1.82, 2.24) is 9.62 Å². The summed E-state index contributed by atoms with van der Waals surface area (Å²) in [5.74, 6) is -1.48. The summed E-state index contributed by atoms with van der Waals surface area (Å²) < 4.78 is 27.7. The third kappa shape index (κ3) is 5.68. The molecule has 0 radical (unpaired) electrons. The molecule has 1 aliphatic heterocycles.